The van der Waals surface area contributed by atoms with Gasteiger partial charge in [-0.2, -0.15) is 0 Å². The van der Waals surface area contributed by atoms with Crippen molar-refractivity contribution in [3.63, 3.8) is 0 Å². The highest BCUT2D eigenvalue weighted by Crippen LogP contribution is 2.17. The van der Waals surface area contributed by atoms with Gasteiger partial charge in [-0.05, 0) is 43.7 Å². The van der Waals surface area contributed by atoms with Crippen molar-refractivity contribution in [2.24, 2.45) is 0 Å². The van der Waals surface area contributed by atoms with E-state index in [-0.39, 0.29) is 11.7 Å². The van der Waals surface area contributed by atoms with Crippen molar-refractivity contribution in [1.29, 1.82) is 0 Å². The van der Waals surface area contributed by atoms with Crippen molar-refractivity contribution in [3.05, 3.63) is 35.4 Å². The monoisotopic (exact) mass is 309 g/mol. The fourth-order valence-corrected chi connectivity index (χ4v) is 2.41. The van der Waals surface area contributed by atoms with Crippen LogP contribution in [0.15, 0.2) is 35.4 Å². The van der Waals surface area contributed by atoms with Crippen molar-refractivity contribution in [2.45, 2.75) is 13.8 Å². The van der Waals surface area contributed by atoms with Gasteiger partial charge >= 0.3 is 0 Å². The molecule has 3 N–H and O–H groups in total. The molecule has 1 aromatic carbocycles. The van der Waals surface area contributed by atoms with Gasteiger partial charge in [-0.15, -0.1) is 0 Å². The number of hydrogen-bond acceptors (Lipinski definition) is 4. The summed E-state index contributed by atoms with van der Waals surface area (Å²) in [6, 6.07) is 6.58. The highest BCUT2D eigenvalue weighted by atomic mass is 32.2. The maximum absolute atomic E-state index is 12.0. The van der Waals surface area contributed by atoms with E-state index in [2.05, 4.69) is 15.4 Å². The van der Waals surface area contributed by atoms with Crippen molar-refractivity contribution in [1.82, 2.24) is 5.32 Å². The molecule has 0 atom stereocenters. The number of sulfonamides is 1. The van der Waals surface area contributed by atoms with Gasteiger partial charge in [-0.25, -0.2) is 8.42 Å². The van der Waals surface area contributed by atoms with Crippen molar-refractivity contribution in [2.75, 3.05) is 28.9 Å². The Labute approximate surface area is 124 Å². The molecule has 1 heterocycles. The summed E-state index contributed by atoms with van der Waals surface area (Å²) in [5.74, 6) is -0.111. The van der Waals surface area contributed by atoms with Crippen LogP contribution in [0.1, 0.15) is 13.8 Å². The molecule has 114 valence electrons. The predicted octanol–water partition coefficient (Wildman–Crippen LogP) is 1.31. The molecule has 1 aromatic rings. The van der Waals surface area contributed by atoms with Gasteiger partial charge in [0.25, 0.3) is 5.91 Å². The fraction of sp³-hybridized carbons (Fsp3) is 0.357. The van der Waals surface area contributed by atoms with Crippen LogP contribution in [-0.4, -0.2) is 33.2 Å². The maximum atomic E-state index is 12.0. The van der Waals surface area contributed by atoms with Crippen LogP contribution in [0.25, 0.3) is 0 Å². The molecule has 1 aliphatic rings. The van der Waals surface area contributed by atoms with Crippen LogP contribution in [0, 0.1) is 0 Å². The number of carbonyl (C=O) groups is 1. The molecule has 1 amide bonds. The Kier molecular flexibility index (Phi) is 4.64. The Hall–Kier alpha value is -1.86. The number of anilines is 2. The number of benzene rings is 1. The lowest BCUT2D eigenvalue weighted by molar-refractivity contribution is -0.112. The normalized spacial score (nSPS) is 14.3. The molecule has 0 bridgehead atoms. The first-order chi connectivity index (χ1) is 9.91. The quantitative estimate of drug-likeness (QED) is 0.716. The smallest absolute Gasteiger partial charge is 0.251 e. The molecule has 2 rings (SSSR count). The van der Waals surface area contributed by atoms with Crippen LogP contribution in [-0.2, 0) is 14.8 Å². The summed E-state index contributed by atoms with van der Waals surface area (Å²) >= 11 is 0. The molecule has 21 heavy (non-hydrogen) atoms. The first-order valence-corrected chi connectivity index (χ1v) is 8.38. The van der Waals surface area contributed by atoms with Gasteiger partial charge in [0.1, 0.15) is 0 Å². The minimum Gasteiger partial charge on any atom is -0.322 e. The Morgan fingerprint density at radius 3 is 2.24 bits per heavy atom. The number of amides is 1. The lowest BCUT2D eigenvalue weighted by Gasteiger charge is -2.21. The average molecular weight is 309 g/mol. The summed E-state index contributed by atoms with van der Waals surface area (Å²) in [7, 11) is -3.28. The Balaban J connectivity index is 2.01. The van der Waals surface area contributed by atoms with E-state index in [0.717, 1.165) is 24.2 Å². The minimum absolute atomic E-state index is 0.0201. The largest absolute Gasteiger partial charge is 0.322 e. The lowest BCUT2D eigenvalue weighted by Crippen LogP contribution is -2.36. The fourth-order valence-electron chi connectivity index (χ4n) is 1.77. The maximum Gasteiger partial charge on any atom is 0.251 e. The van der Waals surface area contributed by atoms with Crippen LogP contribution in [0.5, 0.6) is 0 Å². The second-order valence-corrected chi connectivity index (χ2v) is 6.88. The van der Waals surface area contributed by atoms with Crippen LogP contribution in [0.3, 0.4) is 0 Å². The zero-order valence-electron chi connectivity index (χ0n) is 12.1. The topological polar surface area (TPSA) is 87.3 Å². The summed E-state index contributed by atoms with van der Waals surface area (Å²) in [6.45, 7) is 4.89. The third-order valence-corrected chi connectivity index (χ3v) is 4.65. The van der Waals surface area contributed by atoms with Gasteiger partial charge in [0.2, 0.25) is 10.0 Å². The summed E-state index contributed by atoms with van der Waals surface area (Å²) in [4.78, 5) is 12.0. The molecule has 0 radical (unpaired) electrons. The van der Waals surface area contributed by atoms with E-state index in [1.807, 2.05) is 0 Å². The molecule has 0 unspecified atom stereocenters. The predicted molar refractivity (Wildman–Crippen MR) is 83.7 cm³/mol. The number of rotatable bonds is 5. The summed E-state index contributed by atoms with van der Waals surface area (Å²) < 4.78 is 25.3. The first kappa shape index (κ1) is 15.5. The van der Waals surface area contributed by atoms with Crippen molar-refractivity contribution >= 4 is 27.3 Å². The molecule has 0 spiro atoms. The van der Waals surface area contributed by atoms with E-state index in [1.54, 1.807) is 38.1 Å². The van der Waals surface area contributed by atoms with Gasteiger partial charge < -0.3 is 10.6 Å². The van der Waals surface area contributed by atoms with Crippen LogP contribution < -0.4 is 15.4 Å². The molecule has 1 saturated heterocycles. The number of carbonyl (C=O) groups excluding carboxylic acids is 1. The number of nitrogens with one attached hydrogen (secondary N) is 3. The first-order valence-electron chi connectivity index (χ1n) is 6.72. The SMILES string of the molecule is CCS(=O)(=O)Nc1ccc(NC(=O)C(C)=C2CNC2)cc1. The Morgan fingerprint density at radius 2 is 1.76 bits per heavy atom. The van der Waals surface area contributed by atoms with Crippen molar-refractivity contribution < 1.29 is 13.2 Å². The highest BCUT2D eigenvalue weighted by Gasteiger charge is 2.16. The number of hydrogen-bond donors (Lipinski definition) is 3. The van der Waals surface area contributed by atoms with E-state index in [9.17, 15) is 13.2 Å². The third-order valence-electron chi connectivity index (χ3n) is 3.34. The molecule has 7 heteroatoms. The average Bonchev–Trinajstić information content (AvgIpc) is 2.38. The second-order valence-electron chi connectivity index (χ2n) is 4.87. The Morgan fingerprint density at radius 1 is 1.19 bits per heavy atom. The van der Waals surface area contributed by atoms with Crippen LogP contribution in [0.2, 0.25) is 0 Å². The molecule has 0 saturated carbocycles. The molecular weight excluding hydrogens is 290 g/mol. The highest BCUT2D eigenvalue weighted by molar-refractivity contribution is 7.92. The van der Waals surface area contributed by atoms with E-state index in [1.165, 1.54) is 0 Å². The third kappa shape index (κ3) is 4.05. The lowest BCUT2D eigenvalue weighted by atomic mass is 10.0. The molecule has 1 aliphatic heterocycles. The second kappa shape index (κ2) is 6.28. The molecule has 1 fully saturated rings. The van der Waals surface area contributed by atoms with Gasteiger partial charge in [-0.1, -0.05) is 0 Å². The summed E-state index contributed by atoms with van der Waals surface area (Å²) in [5, 5.41) is 5.89. The van der Waals surface area contributed by atoms with Crippen LogP contribution in [0.4, 0.5) is 11.4 Å². The molecule has 0 aromatic heterocycles. The molecular formula is C14H19N3O3S. The molecule has 0 aliphatic carbocycles. The molecule has 6 nitrogen and oxygen atoms in total. The standard InChI is InChI=1S/C14H19N3O3S/c1-3-21(19,20)17-13-6-4-12(5-7-13)16-14(18)10(2)11-8-15-9-11/h4-7,15,17H,3,8-9H2,1-2H3,(H,16,18). The van der Waals surface area contributed by atoms with E-state index < -0.39 is 10.0 Å². The van der Waals surface area contributed by atoms with E-state index >= 15 is 0 Å². The minimum atomic E-state index is -3.28. The Bertz CT molecular complexity index is 657. The zero-order chi connectivity index (χ0) is 15.5. The van der Waals surface area contributed by atoms with Gasteiger partial charge in [0.15, 0.2) is 0 Å². The van der Waals surface area contributed by atoms with Gasteiger partial charge in [-0.3, -0.25) is 9.52 Å². The summed E-state index contributed by atoms with van der Waals surface area (Å²) in [6.07, 6.45) is 0. The van der Waals surface area contributed by atoms with E-state index in [4.69, 9.17) is 0 Å². The van der Waals surface area contributed by atoms with Gasteiger partial charge in [0.05, 0.1) is 5.75 Å². The van der Waals surface area contributed by atoms with Crippen LogP contribution >= 0.6 is 0 Å². The van der Waals surface area contributed by atoms with Crippen molar-refractivity contribution in [3.8, 4) is 0 Å². The van der Waals surface area contributed by atoms with Gasteiger partial charge in [0, 0.05) is 30.0 Å². The summed E-state index contributed by atoms with van der Waals surface area (Å²) in [5.41, 5.74) is 2.95. The van der Waals surface area contributed by atoms with E-state index in [0.29, 0.717) is 11.4 Å². The zero-order valence-corrected chi connectivity index (χ0v) is 12.9.